The van der Waals surface area contributed by atoms with Gasteiger partial charge in [-0.2, -0.15) is 0 Å². The molecule has 4 rings (SSSR count). The topological polar surface area (TPSA) is 140 Å². The summed E-state index contributed by atoms with van der Waals surface area (Å²) < 4.78 is 5.96. The number of hydrogen-bond donors (Lipinski definition) is 3. The summed E-state index contributed by atoms with van der Waals surface area (Å²) in [5.74, 6) is 0.0312. The molecule has 3 amide bonds. The van der Waals surface area contributed by atoms with Crippen molar-refractivity contribution in [2.45, 2.75) is 25.4 Å². The first kappa shape index (κ1) is 19.6. The monoisotopic (exact) mass is 410 g/mol. The van der Waals surface area contributed by atoms with Crippen LogP contribution in [0.15, 0.2) is 30.3 Å². The second kappa shape index (κ2) is 8.36. The van der Waals surface area contributed by atoms with E-state index in [1.807, 2.05) is 6.07 Å². The van der Waals surface area contributed by atoms with E-state index in [-0.39, 0.29) is 29.4 Å². The molecule has 10 heteroatoms. The van der Waals surface area contributed by atoms with Gasteiger partial charge in [0.2, 0.25) is 12.3 Å². The average molecular weight is 410 g/mol. The summed E-state index contributed by atoms with van der Waals surface area (Å²) in [4.78, 5) is 36.3. The Morgan fingerprint density at radius 2 is 2.03 bits per heavy atom. The van der Waals surface area contributed by atoms with Crippen LogP contribution < -0.4 is 21.1 Å². The summed E-state index contributed by atoms with van der Waals surface area (Å²) in [7, 11) is 0. The molecule has 2 aliphatic rings. The Kier molecular flexibility index (Phi) is 5.46. The summed E-state index contributed by atoms with van der Waals surface area (Å²) in [6.45, 7) is 1.22. The molecule has 1 aliphatic carbocycles. The molecule has 156 valence electrons. The molecule has 1 saturated carbocycles. The first-order chi connectivity index (χ1) is 14.5. The number of hydrogen-bond acceptors (Lipinski definition) is 7. The quantitative estimate of drug-likeness (QED) is 0.557. The van der Waals surface area contributed by atoms with E-state index < -0.39 is 5.91 Å². The highest BCUT2D eigenvalue weighted by Crippen LogP contribution is 2.31. The molecule has 0 spiro atoms. The highest BCUT2D eigenvalue weighted by Gasteiger charge is 2.30. The van der Waals surface area contributed by atoms with Gasteiger partial charge in [-0.1, -0.05) is 6.07 Å². The number of nitrogens with one attached hydrogen (secondary N) is 2. The fourth-order valence-electron chi connectivity index (χ4n) is 3.24. The van der Waals surface area contributed by atoms with Gasteiger partial charge in [0.1, 0.15) is 11.9 Å². The van der Waals surface area contributed by atoms with E-state index in [4.69, 9.17) is 10.5 Å². The second-order valence-electron chi connectivity index (χ2n) is 7.40. The number of amides is 3. The largest absolute Gasteiger partial charge is 0.488 e. The molecule has 1 unspecified atom stereocenters. The zero-order chi connectivity index (χ0) is 21.1. The predicted octanol–water partition coefficient (Wildman–Crippen LogP) is 1.28. The van der Waals surface area contributed by atoms with Gasteiger partial charge in [-0.25, -0.2) is 0 Å². The van der Waals surface area contributed by atoms with Gasteiger partial charge in [0.25, 0.3) is 5.91 Å². The van der Waals surface area contributed by atoms with E-state index in [9.17, 15) is 14.4 Å². The van der Waals surface area contributed by atoms with Gasteiger partial charge in [-0.3, -0.25) is 14.4 Å². The highest BCUT2D eigenvalue weighted by atomic mass is 16.5. The van der Waals surface area contributed by atoms with Crippen LogP contribution in [-0.4, -0.2) is 52.5 Å². The van der Waals surface area contributed by atoms with Gasteiger partial charge in [0, 0.05) is 36.7 Å². The second-order valence-corrected chi connectivity index (χ2v) is 7.40. The van der Waals surface area contributed by atoms with Crippen molar-refractivity contribution in [2.75, 3.05) is 23.7 Å². The molecule has 1 aromatic heterocycles. The number of carbonyl (C=O) groups is 3. The minimum Gasteiger partial charge on any atom is -0.488 e. The van der Waals surface area contributed by atoms with Gasteiger partial charge >= 0.3 is 0 Å². The lowest BCUT2D eigenvalue weighted by atomic mass is 10.2. The standard InChI is InChI=1S/C20H22N6O4/c21-19(28)18-16(9-17(24-25-18)23-20(29)12-4-5-12)22-13-2-1-3-14(8-13)30-15-6-7-26(10-15)11-27/h1-3,8-9,11-12,15H,4-7,10H2,(H2,21,28)(H2,22,23,24,29). The number of primary amides is 1. The number of nitrogens with zero attached hydrogens (tertiary/aromatic N) is 3. The van der Waals surface area contributed by atoms with Gasteiger partial charge in [-0.05, 0) is 25.0 Å². The Hall–Kier alpha value is -3.69. The maximum atomic E-state index is 12.0. The molecule has 10 nitrogen and oxygen atoms in total. The highest BCUT2D eigenvalue weighted by molar-refractivity contribution is 5.98. The van der Waals surface area contributed by atoms with Gasteiger partial charge in [-0.15, -0.1) is 10.2 Å². The maximum absolute atomic E-state index is 12.0. The van der Waals surface area contributed by atoms with E-state index in [0.717, 1.165) is 25.7 Å². The van der Waals surface area contributed by atoms with E-state index >= 15 is 0 Å². The zero-order valence-corrected chi connectivity index (χ0v) is 16.2. The summed E-state index contributed by atoms with van der Waals surface area (Å²) in [6.07, 6.45) is 3.24. The van der Waals surface area contributed by atoms with Crippen LogP contribution in [0.5, 0.6) is 5.75 Å². The Morgan fingerprint density at radius 1 is 1.20 bits per heavy atom. The van der Waals surface area contributed by atoms with Crippen molar-refractivity contribution in [1.82, 2.24) is 15.1 Å². The molecular weight excluding hydrogens is 388 g/mol. The fraction of sp³-hybridized carbons (Fsp3) is 0.350. The lowest BCUT2D eigenvalue weighted by Gasteiger charge is -2.15. The molecular formula is C20H22N6O4. The normalized spacial score (nSPS) is 18.0. The Balaban J connectivity index is 1.50. The van der Waals surface area contributed by atoms with Crippen molar-refractivity contribution in [2.24, 2.45) is 11.7 Å². The molecule has 4 N–H and O–H groups in total. The van der Waals surface area contributed by atoms with Crippen LogP contribution in [-0.2, 0) is 9.59 Å². The smallest absolute Gasteiger partial charge is 0.271 e. The molecule has 0 radical (unpaired) electrons. The number of anilines is 3. The number of aromatic nitrogens is 2. The van der Waals surface area contributed by atoms with E-state index in [1.165, 1.54) is 6.07 Å². The Labute approximate surface area is 172 Å². The molecule has 0 bridgehead atoms. The van der Waals surface area contributed by atoms with Crippen LogP contribution in [0, 0.1) is 5.92 Å². The van der Waals surface area contributed by atoms with Gasteiger partial charge in [0.05, 0.1) is 12.2 Å². The number of rotatable bonds is 8. The summed E-state index contributed by atoms with van der Waals surface area (Å²) in [6, 6.07) is 8.72. The predicted molar refractivity (Wildman–Crippen MR) is 108 cm³/mol. The third-order valence-electron chi connectivity index (χ3n) is 4.97. The summed E-state index contributed by atoms with van der Waals surface area (Å²) >= 11 is 0. The maximum Gasteiger partial charge on any atom is 0.271 e. The van der Waals surface area contributed by atoms with Crippen LogP contribution in [0.3, 0.4) is 0 Å². The van der Waals surface area contributed by atoms with Crippen molar-refractivity contribution >= 4 is 35.4 Å². The lowest BCUT2D eigenvalue weighted by Crippen LogP contribution is -2.23. The van der Waals surface area contributed by atoms with Crippen LogP contribution in [0.1, 0.15) is 29.8 Å². The third-order valence-corrected chi connectivity index (χ3v) is 4.97. The van der Waals surface area contributed by atoms with Crippen molar-refractivity contribution < 1.29 is 19.1 Å². The van der Waals surface area contributed by atoms with Crippen LogP contribution >= 0.6 is 0 Å². The first-order valence-corrected chi connectivity index (χ1v) is 9.73. The summed E-state index contributed by atoms with van der Waals surface area (Å²) in [5.41, 5.74) is 6.35. The zero-order valence-electron chi connectivity index (χ0n) is 16.2. The molecule has 2 fully saturated rings. The molecule has 1 aliphatic heterocycles. The molecule has 1 saturated heterocycles. The number of carbonyl (C=O) groups excluding carboxylic acids is 3. The minimum absolute atomic E-state index is 0.0126. The van der Waals surface area contributed by atoms with Crippen molar-refractivity contribution in [3.8, 4) is 5.75 Å². The number of nitrogens with two attached hydrogens (primary N) is 1. The third kappa shape index (κ3) is 4.65. The van der Waals surface area contributed by atoms with Gasteiger partial charge in [0.15, 0.2) is 11.5 Å². The van der Waals surface area contributed by atoms with Gasteiger partial charge < -0.3 is 26.0 Å². The molecule has 2 aromatic rings. The Morgan fingerprint density at radius 3 is 2.73 bits per heavy atom. The molecule has 2 heterocycles. The molecule has 1 aromatic carbocycles. The molecule has 30 heavy (non-hydrogen) atoms. The average Bonchev–Trinajstić information content (AvgIpc) is 3.48. The fourth-order valence-corrected chi connectivity index (χ4v) is 3.24. The van der Waals surface area contributed by atoms with Crippen molar-refractivity contribution in [1.29, 1.82) is 0 Å². The van der Waals surface area contributed by atoms with E-state index in [2.05, 4.69) is 20.8 Å². The first-order valence-electron chi connectivity index (χ1n) is 9.73. The van der Waals surface area contributed by atoms with Crippen LogP contribution in [0.2, 0.25) is 0 Å². The summed E-state index contributed by atoms with van der Waals surface area (Å²) in [5, 5.41) is 13.5. The number of likely N-dealkylation sites (tertiary alicyclic amines) is 1. The van der Waals surface area contributed by atoms with Crippen molar-refractivity contribution in [3.63, 3.8) is 0 Å². The SMILES string of the molecule is NC(=O)c1nnc(NC(=O)C2CC2)cc1Nc1cccc(OC2CCN(C=O)C2)c1. The Bertz CT molecular complexity index is 978. The van der Waals surface area contributed by atoms with E-state index in [1.54, 1.807) is 23.1 Å². The lowest BCUT2D eigenvalue weighted by molar-refractivity contribution is -0.118. The van der Waals surface area contributed by atoms with E-state index in [0.29, 0.717) is 30.2 Å². The number of benzene rings is 1. The van der Waals surface area contributed by atoms with Crippen LogP contribution in [0.4, 0.5) is 17.2 Å². The van der Waals surface area contributed by atoms with Crippen LogP contribution in [0.25, 0.3) is 0 Å². The number of ether oxygens (including phenoxy) is 1. The van der Waals surface area contributed by atoms with Crippen molar-refractivity contribution in [3.05, 3.63) is 36.0 Å². The molecule has 1 atom stereocenters. The minimum atomic E-state index is -0.739.